The van der Waals surface area contributed by atoms with E-state index in [1.165, 1.54) is 60.1 Å². The average molecular weight is 710 g/mol. The first kappa shape index (κ1) is 31.4. The Bertz CT molecular complexity index is 1250. The van der Waals surface area contributed by atoms with Gasteiger partial charge < -0.3 is 0 Å². The molecular weight excluding hydrogens is 678 g/mol. The first-order valence-electron chi connectivity index (χ1n) is 12.3. The van der Waals surface area contributed by atoms with Crippen molar-refractivity contribution in [2.75, 3.05) is 0 Å². The fourth-order valence-electron chi connectivity index (χ4n) is 4.08. The molecule has 0 saturated carbocycles. The SMILES string of the molecule is CCCCc1ccc([C](=[Hf+2])c2ccccc2)s1.Cl.Cl.[C-]1=CC=CC1.[c-]1cccc2c1Cc1ccccc1-2. The van der Waals surface area contributed by atoms with Gasteiger partial charge in [-0.15, -0.1) is 36.8 Å². The maximum Gasteiger partial charge on any atom is -0.0253 e. The number of unbranched alkanes of at least 4 members (excludes halogenated alkanes) is 1. The maximum absolute atomic E-state index is 3.30. The van der Waals surface area contributed by atoms with Crippen LogP contribution in [0.25, 0.3) is 11.1 Å². The zero-order chi connectivity index (χ0) is 24.3. The summed E-state index contributed by atoms with van der Waals surface area (Å²) >= 11 is 3.08. The van der Waals surface area contributed by atoms with Crippen LogP contribution >= 0.6 is 36.2 Å². The second-order valence-electron chi connectivity index (χ2n) is 8.51. The normalized spacial score (nSPS) is 11.5. The Morgan fingerprint density at radius 2 is 1.65 bits per heavy atom. The third kappa shape index (κ3) is 9.14. The van der Waals surface area contributed by atoms with Gasteiger partial charge in [-0.1, -0.05) is 35.4 Å². The predicted molar refractivity (Wildman–Crippen MR) is 162 cm³/mol. The number of hydrogen-bond acceptors (Lipinski definition) is 1. The Kier molecular flexibility index (Phi) is 14.3. The van der Waals surface area contributed by atoms with Crippen molar-refractivity contribution >= 4 is 39.4 Å². The van der Waals surface area contributed by atoms with Gasteiger partial charge in [-0.2, -0.15) is 35.9 Å². The summed E-state index contributed by atoms with van der Waals surface area (Å²) in [5, 5.41) is 0. The van der Waals surface area contributed by atoms with Gasteiger partial charge >= 0.3 is 122 Å². The Hall–Kier alpha value is -1.84. The zero-order valence-corrected chi connectivity index (χ0v) is 27.1. The Morgan fingerprint density at radius 1 is 0.892 bits per heavy atom. The number of benzene rings is 3. The summed E-state index contributed by atoms with van der Waals surface area (Å²) in [6.07, 6.45) is 14.9. The Balaban J connectivity index is 0.000000213. The molecule has 188 valence electrons. The quantitative estimate of drug-likeness (QED) is 0.126. The molecule has 0 aliphatic heterocycles. The minimum absolute atomic E-state index is 0. The molecule has 0 atom stereocenters. The van der Waals surface area contributed by atoms with E-state index in [-0.39, 0.29) is 24.8 Å². The van der Waals surface area contributed by atoms with Gasteiger partial charge in [0.15, 0.2) is 0 Å². The molecule has 0 saturated heterocycles. The summed E-state index contributed by atoms with van der Waals surface area (Å²) in [5.41, 5.74) is 6.90. The minimum atomic E-state index is 0. The monoisotopic (exact) mass is 710 g/mol. The van der Waals surface area contributed by atoms with Gasteiger partial charge in [0.25, 0.3) is 0 Å². The first-order valence-corrected chi connectivity index (χ1v) is 14.9. The molecule has 0 fully saturated rings. The van der Waals surface area contributed by atoms with Crippen molar-refractivity contribution in [3.8, 4) is 11.1 Å². The van der Waals surface area contributed by atoms with Gasteiger partial charge in [0.1, 0.15) is 0 Å². The van der Waals surface area contributed by atoms with Crippen LogP contribution in [0.2, 0.25) is 0 Å². The summed E-state index contributed by atoms with van der Waals surface area (Å²) in [4.78, 5) is 3.00. The molecule has 1 heterocycles. The molecule has 0 unspecified atom stereocenters. The largest absolute Gasteiger partial charge is 0.273 e. The molecule has 4 aromatic rings. The molecule has 0 bridgehead atoms. The van der Waals surface area contributed by atoms with Gasteiger partial charge in [-0.05, 0) is 6.42 Å². The summed E-state index contributed by atoms with van der Waals surface area (Å²) in [7, 11) is 0. The van der Waals surface area contributed by atoms with Gasteiger partial charge in [0, 0.05) is 0 Å². The molecule has 4 heteroatoms. The van der Waals surface area contributed by atoms with Crippen LogP contribution in [0, 0.1) is 12.1 Å². The summed E-state index contributed by atoms with van der Waals surface area (Å²) in [6.45, 7) is 2.25. The Morgan fingerprint density at radius 3 is 2.35 bits per heavy atom. The molecule has 2 aliphatic carbocycles. The van der Waals surface area contributed by atoms with Crippen molar-refractivity contribution < 1.29 is 23.9 Å². The molecule has 3 aromatic carbocycles. The van der Waals surface area contributed by atoms with E-state index in [1.807, 2.05) is 29.6 Å². The van der Waals surface area contributed by atoms with E-state index >= 15 is 0 Å². The second kappa shape index (κ2) is 16.9. The first-order chi connectivity index (χ1) is 17.3. The van der Waals surface area contributed by atoms with E-state index in [0.717, 1.165) is 36.7 Å². The van der Waals surface area contributed by atoms with Crippen LogP contribution < -0.4 is 0 Å². The number of allylic oxidation sites excluding steroid dienone is 4. The molecule has 0 nitrogen and oxygen atoms in total. The molecule has 1 aromatic heterocycles. The van der Waals surface area contributed by atoms with Crippen LogP contribution in [-0.2, 0) is 36.7 Å². The van der Waals surface area contributed by atoms with Crippen molar-refractivity contribution in [3.63, 3.8) is 0 Å². The van der Waals surface area contributed by atoms with Crippen LogP contribution in [-0.4, -0.2) is 3.26 Å². The standard InChI is InChI=1S/C15H16S.C13H9.C5H5.2ClH.Hf/c1-2-3-9-14-10-11-15(16-14)12-13-7-5-4-6-8-13;1-3-7-12-10(5-1)9-11-6-2-4-8-13(11)12;1-2-4-5-3-1;;;/h4-8,10-11H,2-3,9H2,1H3;1-5,7-8H,9H2;1-3H,4H2;2*1H;/q;2*-1;;;+2. The number of hydrogen-bond donors (Lipinski definition) is 0. The topological polar surface area (TPSA) is 0 Å². The molecule has 37 heavy (non-hydrogen) atoms. The number of rotatable bonds is 5. The molecule has 0 N–H and O–H groups in total. The Labute approximate surface area is 253 Å². The van der Waals surface area contributed by atoms with Crippen molar-refractivity contribution in [1.29, 1.82) is 0 Å². The fourth-order valence-corrected chi connectivity index (χ4v) is 6.55. The van der Waals surface area contributed by atoms with E-state index in [1.54, 1.807) is 0 Å². The van der Waals surface area contributed by atoms with E-state index < -0.39 is 0 Å². The third-order valence-corrected chi connectivity index (χ3v) is 9.77. The van der Waals surface area contributed by atoms with E-state index in [9.17, 15) is 0 Å². The smallest absolute Gasteiger partial charge is 0.0253 e. The fraction of sp³-hybridized carbons (Fsp3) is 0.182. The van der Waals surface area contributed by atoms with Crippen LogP contribution in [0.1, 0.15) is 52.6 Å². The van der Waals surface area contributed by atoms with Crippen LogP contribution in [0.15, 0.2) is 103 Å². The third-order valence-electron chi connectivity index (χ3n) is 5.95. The number of aryl methyl sites for hydroxylation is 1. The van der Waals surface area contributed by atoms with Gasteiger partial charge in [-0.25, -0.2) is 12.2 Å². The summed E-state index contributed by atoms with van der Waals surface area (Å²) in [6, 6.07) is 33.5. The minimum Gasteiger partial charge on any atom is -0.273 e. The molecule has 0 spiro atoms. The van der Waals surface area contributed by atoms with Gasteiger partial charge in [0.2, 0.25) is 0 Å². The van der Waals surface area contributed by atoms with Crippen molar-refractivity contribution in [1.82, 2.24) is 0 Å². The van der Waals surface area contributed by atoms with Gasteiger partial charge in [-0.3, -0.25) is 6.08 Å². The summed E-state index contributed by atoms with van der Waals surface area (Å²) in [5.74, 6) is 0. The molecule has 0 amide bonds. The molecular formula is C33H32Cl2HfS. The summed E-state index contributed by atoms with van der Waals surface area (Å²) < 4.78 is 1.53. The number of fused-ring (bicyclic) bond motifs is 3. The van der Waals surface area contributed by atoms with Gasteiger partial charge in [0.05, 0.1) is 0 Å². The van der Waals surface area contributed by atoms with Crippen molar-refractivity contribution in [2.24, 2.45) is 0 Å². The predicted octanol–water partition coefficient (Wildman–Crippen LogP) is 9.41. The zero-order valence-electron chi connectivity index (χ0n) is 21.1. The molecule has 6 rings (SSSR count). The van der Waals surface area contributed by atoms with E-state index in [0.29, 0.717) is 0 Å². The number of halogens is 2. The van der Waals surface area contributed by atoms with Crippen LogP contribution in [0.3, 0.4) is 0 Å². The maximum atomic E-state index is 3.30. The average Bonchev–Trinajstić information content (AvgIpc) is 3.70. The second-order valence-corrected chi connectivity index (χ2v) is 11.5. The van der Waals surface area contributed by atoms with E-state index in [4.69, 9.17) is 0 Å². The van der Waals surface area contributed by atoms with Crippen molar-refractivity contribution in [2.45, 2.75) is 39.0 Å². The van der Waals surface area contributed by atoms with Crippen molar-refractivity contribution in [3.05, 3.63) is 142 Å². The number of thiophene rings is 1. The molecule has 0 radical (unpaired) electrons. The van der Waals surface area contributed by atoms with Crippen LogP contribution in [0.4, 0.5) is 0 Å². The van der Waals surface area contributed by atoms with E-state index in [2.05, 4.69) is 104 Å². The molecule has 2 aliphatic rings. The van der Waals surface area contributed by atoms with Crippen LogP contribution in [0.5, 0.6) is 0 Å².